The van der Waals surface area contributed by atoms with Crippen molar-refractivity contribution in [2.45, 2.75) is 13.0 Å². The molecule has 0 rings (SSSR count). The van der Waals surface area contributed by atoms with Crippen molar-refractivity contribution in [1.82, 2.24) is 0 Å². The Morgan fingerprint density at radius 3 is 2.22 bits per heavy atom. The largest absolute Gasteiger partial charge is 0.382 e. The normalized spacial score (nSPS) is 13.2. The molecule has 0 aromatic rings. The van der Waals surface area contributed by atoms with Gasteiger partial charge < -0.3 is 9.47 Å². The molecule has 0 aliphatic carbocycles. The lowest BCUT2D eigenvalue weighted by Gasteiger charge is -2.12. The Morgan fingerprint density at radius 1 is 1.56 bits per heavy atom. The summed E-state index contributed by atoms with van der Waals surface area (Å²) in [6, 6.07) is 0. The molecule has 0 aliphatic heterocycles. The lowest BCUT2D eigenvalue weighted by molar-refractivity contribution is 0.0507. The van der Waals surface area contributed by atoms with Gasteiger partial charge in [0.1, 0.15) is 6.10 Å². The lowest BCUT2D eigenvalue weighted by Crippen LogP contribution is -2.17. The van der Waals surface area contributed by atoms with Crippen molar-refractivity contribution in [3.63, 3.8) is 0 Å². The minimum absolute atomic E-state index is 0.0509. The maximum atomic E-state index is 5.03. The van der Waals surface area contributed by atoms with E-state index >= 15 is 0 Å². The smallest absolute Gasteiger partial charge is 0.101 e. The SMILES string of the molecule is C=C(C)C(COC)OC. The van der Waals surface area contributed by atoms with Crippen LogP contribution < -0.4 is 0 Å². The first-order valence-corrected chi connectivity index (χ1v) is 2.89. The van der Waals surface area contributed by atoms with Crippen LogP contribution in [0.15, 0.2) is 12.2 Å². The first-order valence-electron chi connectivity index (χ1n) is 2.89. The Morgan fingerprint density at radius 2 is 2.11 bits per heavy atom. The van der Waals surface area contributed by atoms with Gasteiger partial charge >= 0.3 is 0 Å². The predicted molar refractivity (Wildman–Crippen MR) is 37.5 cm³/mol. The summed E-state index contributed by atoms with van der Waals surface area (Å²) < 4.78 is 9.90. The van der Waals surface area contributed by atoms with E-state index in [1.165, 1.54) is 0 Å². The molecule has 0 fully saturated rings. The number of methoxy groups -OCH3 is 2. The number of hydrogen-bond donors (Lipinski definition) is 0. The molecule has 9 heavy (non-hydrogen) atoms. The molecule has 1 unspecified atom stereocenters. The third-order valence-corrected chi connectivity index (χ3v) is 1.15. The van der Waals surface area contributed by atoms with Gasteiger partial charge in [0, 0.05) is 14.2 Å². The van der Waals surface area contributed by atoms with Crippen molar-refractivity contribution in [3.05, 3.63) is 12.2 Å². The highest BCUT2D eigenvalue weighted by Crippen LogP contribution is 2.01. The van der Waals surface area contributed by atoms with E-state index in [-0.39, 0.29) is 6.10 Å². The monoisotopic (exact) mass is 130 g/mol. The zero-order chi connectivity index (χ0) is 7.28. The van der Waals surface area contributed by atoms with Crippen LogP contribution in [0.25, 0.3) is 0 Å². The van der Waals surface area contributed by atoms with Crippen LogP contribution in [-0.4, -0.2) is 26.9 Å². The highest BCUT2D eigenvalue weighted by atomic mass is 16.5. The zero-order valence-electron chi connectivity index (χ0n) is 6.31. The second-order valence-electron chi connectivity index (χ2n) is 2.03. The average Bonchev–Trinajstić information content (AvgIpc) is 1.82. The minimum Gasteiger partial charge on any atom is -0.382 e. The van der Waals surface area contributed by atoms with Crippen LogP contribution in [0.3, 0.4) is 0 Å². The Kier molecular flexibility index (Phi) is 4.36. The predicted octanol–water partition coefficient (Wildman–Crippen LogP) is 1.22. The van der Waals surface area contributed by atoms with Crippen LogP contribution in [0.4, 0.5) is 0 Å². The van der Waals surface area contributed by atoms with Gasteiger partial charge in [0.05, 0.1) is 6.61 Å². The lowest BCUT2D eigenvalue weighted by atomic mass is 10.2. The minimum atomic E-state index is 0.0509. The molecule has 0 aromatic carbocycles. The average molecular weight is 130 g/mol. The fraction of sp³-hybridized carbons (Fsp3) is 0.714. The summed E-state index contributed by atoms with van der Waals surface area (Å²) in [5.41, 5.74) is 0.999. The highest BCUT2D eigenvalue weighted by Gasteiger charge is 2.04. The van der Waals surface area contributed by atoms with Gasteiger partial charge in [-0.1, -0.05) is 6.58 Å². The number of ether oxygens (including phenoxy) is 2. The summed E-state index contributed by atoms with van der Waals surface area (Å²) in [6.45, 7) is 6.25. The first-order chi connectivity index (χ1) is 4.22. The van der Waals surface area contributed by atoms with E-state index in [0.29, 0.717) is 6.61 Å². The molecule has 0 N–H and O–H groups in total. The molecule has 0 saturated heterocycles. The van der Waals surface area contributed by atoms with Gasteiger partial charge in [-0.25, -0.2) is 0 Å². The summed E-state index contributed by atoms with van der Waals surface area (Å²) in [5.74, 6) is 0. The zero-order valence-corrected chi connectivity index (χ0v) is 6.31. The maximum absolute atomic E-state index is 5.03. The molecule has 0 aliphatic rings. The summed E-state index contributed by atoms with van der Waals surface area (Å²) in [4.78, 5) is 0. The molecular weight excluding hydrogens is 116 g/mol. The molecule has 2 nitrogen and oxygen atoms in total. The van der Waals surface area contributed by atoms with E-state index in [1.54, 1.807) is 14.2 Å². The molecule has 0 bridgehead atoms. The Hall–Kier alpha value is -0.340. The molecule has 0 radical (unpaired) electrons. The third kappa shape index (κ3) is 3.27. The van der Waals surface area contributed by atoms with Gasteiger partial charge in [-0.3, -0.25) is 0 Å². The van der Waals surface area contributed by atoms with Crippen LogP contribution in [0, 0.1) is 0 Å². The van der Waals surface area contributed by atoms with E-state index in [2.05, 4.69) is 6.58 Å². The molecule has 54 valence electrons. The van der Waals surface area contributed by atoms with Crippen LogP contribution >= 0.6 is 0 Å². The molecule has 2 heteroatoms. The third-order valence-electron chi connectivity index (χ3n) is 1.15. The van der Waals surface area contributed by atoms with E-state index in [9.17, 15) is 0 Å². The van der Waals surface area contributed by atoms with Crippen molar-refractivity contribution < 1.29 is 9.47 Å². The topological polar surface area (TPSA) is 18.5 Å². The fourth-order valence-electron chi connectivity index (χ4n) is 0.563. The van der Waals surface area contributed by atoms with Crippen molar-refractivity contribution in [2.75, 3.05) is 20.8 Å². The Labute approximate surface area is 56.5 Å². The van der Waals surface area contributed by atoms with Gasteiger partial charge in [-0.05, 0) is 12.5 Å². The van der Waals surface area contributed by atoms with E-state index < -0.39 is 0 Å². The van der Waals surface area contributed by atoms with Crippen molar-refractivity contribution >= 4 is 0 Å². The standard InChI is InChI=1S/C7H14O2/c1-6(2)7(9-4)5-8-3/h7H,1,5H2,2-4H3. The first kappa shape index (κ1) is 8.66. The molecule has 1 atom stereocenters. The van der Waals surface area contributed by atoms with Gasteiger partial charge in [0.15, 0.2) is 0 Å². The number of rotatable bonds is 4. The van der Waals surface area contributed by atoms with Gasteiger partial charge in [-0.2, -0.15) is 0 Å². The summed E-state index contributed by atoms with van der Waals surface area (Å²) >= 11 is 0. The van der Waals surface area contributed by atoms with Crippen LogP contribution in [0.2, 0.25) is 0 Å². The summed E-state index contributed by atoms with van der Waals surface area (Å²) in [6.07, 6.45) is 0.0509. The molecule has 0 saturated carbocycles. The highest BCUT2D eigenvalue weighted by molar-refractivity contribution is 4.97. The van der Waals surface area contributed by atoms with Crippen LogP contribution in [0.1, 0.15) is 6.92 Å². The molecule has 0 amide bonds. The van der Waals surface area contributed by atoms with E-state index in [4.69, 9.17) is 9.47 Å². The second kappa shape index (κ2) is 4.53. The van der Waals surface area contributed by atoms with E-state index in [1.807, 2.05) is 6.92 Å². The summed E-state index contributed by atoms with van der Waals surface area (Å²) in [5, 5.41) is 0. The maximum Gasteiger partial charge on any atom is 0.101 e. The Balaban J connectivity index is 3.54. The van der Waals surface area contributed by atoms with Crippen LogP contribution in [0.5, 0.6) is 0 Å². The molecule has 0 heterocycles. The quantitative estimate of drug-likeness (QED) is 0.533. The van der Waals surface area contributed by atoms with Gasteiger partial charge in [-0.15, -0.1) is 0 Å². The van der Waals surface area contributed by atoms with E-state index in [0.717, 1.165) is 5.57 Å². The van der Waals surface area contributed by atoms with Crippen molar-refractivity contribution in [1.29, 1.82) is 0 Å². The van der Waals surface area contributed by atoms with Crippen molar-refractivity contribution in [2.24, 2.45) is 0 Å². The van der Waals surface area contributed by atoms with Crippen LogP contribution in [-0.2, 0) is 9.47 Å². The number of hydrogen-bond acceptors (Lipinski definition) is 2. The molecule has 0 spiro atoms. The molecular formula is C7H14O2. The fourth-order valence-corrected chi connectivity index (χ4v) is 0.563. The summed E-state index contributed by atoms with van der Waals surface area (Å²) in [7, 11) is 3.30. The molecule has 0 aromatic heterocycles. The Bertz CT molecular complexity index is 88.9. The van der Waals surface area contributed by atoms with Crippen molar-refractivity contribution in [3.8, 4) is 0 Å². The van der Waals surface area contributed by atoms with Gasteiger partial charge in [0.25, 0.3) is 0 Å². The second-order valence-corrected chi connectivity index (χ2v) is 2.03. The van der Waals surface area contributed by atoms with Gasteiger partial charge in [0.2, 0.25) is 0 Å².